The number of rotatable bonds is 3. The Morgan fingerprint density at radius 2 is 2.20 bits per heavy atom. The second-order valence-corrected chi connectivity index (χ2v) is 6.12. The summed E-state index contributed by atoms with van der Waals surface area (Å²) in [7, 11) is 0. The van der Waals surface area contributed by atoms with Gasteiger partial charge in [0, 0.05) is 29.2 Å². The molecule has 1 aliphatic rings. The van der Waals surface area contributed by atoms with Gasteiger partial charge in [-0.2, -0.15) is 0 Å². The van der Waals surface area contributed by atoms with E-state index >= 15 is 0 Å². The molecule has 1 N–H and O–H groups in total. The van der Waals surface area contributed by atoms with Crippen LogP contribution in [0.5, 0.6) is 0 Å². The summed E-state index contributed by atoms with van der Waals surface area (Å²) < 4.78 is 0. The summed E-state index contributed by atoms with van der Waals surface area (Å²) >= 11 is 1.74. The molecule has 0 saturated carbocycles. The van der Waals surface area contributed by atoms with Crippen LogP contribution in [0.3, 0.4) is 0 Å². The summed E-state index contributed by atoms with van der Waals surface area (Å²) in [4.78, 5) is 17.8. The molecule has 0 aromatic carbocycles. The van der Waals surface area contributed by atoms with Crippen molar-refractivity contribution < 1.29 is 4.79 Å². The van der Waals surface area contributed by atoms with Crippen molar-refractivity contribution in [3.05, 3.63) is 51.5 Å². The molecule has 2 aromatic heterocycles. The molecular weight excluding hydrogens is 268 g/mol. The number of nitrogens with one attached hydrogen (secondary N) is 1. The van der Waals surface area contributed by atoms with Crippen molar-refractivity contribution in [1.29, 1.82) is 0 Å². The quantitative estimate of drug-likeness (QED) is 0.879. The number of hydrogen-bond donors (Lipinski definition) is 1. The minimum atomic E-state index is 0.0493. The zero-order chi connectivity index (χ0) is 13.8. The van der Waals surface area contributed by atoms with Crippen LogP contribution in [0.15, 0.2) is 29.9 Å². The lowest BCUT2D eigenvalue weighted by atomic mass is 10.1. The number of carbonyl (C=O) groups is 1. The highest BCUT2D eigenvalue weighted by Crippen LogP contribution is 2.29. The van der Waals surface area contributed by atoms with Crippen LogP contribution in [0.4, 0.5) is 0 Å². The van der Waals surface area contributed by atoms with Gasteiger partial charge < -0.3 is 5.32 Å². The molecule has 2 heterocycles. The van der Waals surface area contributed by atoms with Crippen molar-refractivity contribution in [2.75, 3.05) is 0 Å². The first-order valence-electron chi connectivity index (χ1n) is 7.11. The maximum Gasteiger partial charge on any atom is 0.252 e. The predicted molar refractivity (Wildman–Crippen MR) is 81.0 cm³/mol. The van der Waals surface area contributed by atoms with E-state index in [1.54, 1.807) is 23.7 Å². The van der Waals surface area contributed by atoms with Crippen LogP contribution in [-0.4, -0.2) is 10.9 Å². The first-order chi connectivity index (χ1) is 9.84. The third-order valence-corrected chi connectivity index (χ3v) is 4.82. The van der Waals surface area contributed by atoms with Crippen molar-refractivity contribution in [3.8, 4) is 0 Å². The number of amides is 1. The molecular formula is C16H18N2OS. The monoisotopic (exact) mass is 286 g/mol. The van der Waals surface area contributed by atoms with E-state index < -0.39 is 0 Å². The van der Waals surface area contributed by atoms with E-state index in [0.717, 1.165) is 24.0 Å². The topological polar surface area (TPSA) is 42.0 Å². The smallest absolute Gasteiger partial charge is 0.252 e. The highest BCUT2D eigenvalue weighted by molar-refractivity contribution is 7.10. The fourth-order valence-corrected chi connectivity index (χ4v) is 3.77. The van der Waals surface area contributed by atoms with Gasteiger partial charge in [0.05, 0.1) is 5.56 Å². The van der Waals surface area contributed by atoms with E-state index in [2.05, 4.69) is 10.3 Å². The van der Waals surface area contributed by atoms with Gasteiger partial charge in [0.2, 0.25) is 0 Å². The molecule has 0 aliphatic heterocycles. The zero-order valence-electron chi connectivity index (χ0n) is 11.4. The molecule has 0 atom stereocenters. The van der Waals surface area contributed by atoms with Crippen LogP contribution in [0, 0.1) is 0 Å². The number of nitrogens with zero attached hydrogens (tertiary/aromatic N) is 1. The maximum atomic E-state index is 12.3. The summed E-state index contributed by atoms with van der Waals surface area (Å²) in [6.45, 7) is 0.539. The third-order valence-electron chi connectivity index (χ3n) is 3.73. The van der Waals surface area contributed by atoms with Gasteiger partial charge in [-0.3, -0.25) is 9.78 Å². The van der Waals surface area contributed by atoms with Gasteiger partial charge in [-0.15, -0.1) is 11.3 Å². The van der Waals surface area contributed by atoms with E-state index in [9.17, 15) is 4.79 Å². The number of aryl methyl sites for hydroxylation is 1. The molecule has 0 spiro atoms. The molecule has 3 rings (SSSR count). The van der Waals surface area contributed by atoms with Crippen molar-refractivity contribution in [2.45, 2.75) is 38.6 Å². The Bertz CT molecular complexity index is 592. The molecule has 0 unspecified atom stereocenters. The standard InChI is InChI=1S/C16H18N2OS/c19-16(18-10-12-5-4-8-17-9-12)14-11-20-15-7-3-1-2-6-13(14)15/h4-5,8-9,11H,1-3,6-7,10H2,(H,18,19). The molecule has 2 aromatic rings. The minimum absolute atomic E-state index is 0.0493. The highest BCUT2D eigenvalue weighted by atomic mass is 32.1. The van der Waals surface area contributed by atoms with Crippen molar-refractivity contribution in [1.82, 2.24) is 10.3 Å². The summed E-state index contributed by atoms with van der Waals surface area (Å²) in [6, 6.07) is 3.86. The highest BCUT2D eigenvalue weighted by Gasteiger charge is 2.18. The number of thiophene rings is 1. The Morgan fingerprint density at radius 3 is 3.05 bits per heavy atom. The van der Waals surface area contributed by atoms with E-state index in [1.807, 2.05) is 17.5 Å². The molecule has 0 bridgehead atoms. The molecule has 0 radical (unpaired) electrons. The molecule has 20 heavy (non-hydrogen) atoms. The average Bonchev–Trinajstić information content (AvgIpc) is 2.75. The van der Waals surface area contributed by atoms with Crippen LogP contribution in [-0.2, 0) is 19.4 Å². The Hall–Kier alpha value is -1.68. The summed E-state index contributed by atoms with van der Waals surface area (Å²) in [5, 5.41) is 5.02. The lowest BCUT2D eigenvalue weighted by molar-refractivity contribution is 0.0950. The predicted octanol–water partition coefficient (Wildman–Crippen LogP) is 3.34. The van der Waals surface area contributed by atoms with Crippen molar-refractivity contribution >= 4 is 17.2 Å². The van der Waals surface area contributed by atoms with E-state index in [4.69, 9.17) is 0 Å². The molecule has 104 valence electrons. The maximum absolute atomic E-state index is 12.3. The first kappa shape index (κ1) is 13.3. The Labute approximate surface area is 123 Å². The number of pyridine rings is 1. The second-order valence-electron chi connectivity index (χ2n) is 5.16. The molecule has 1 aliphatic carbocycles. The summed E-state index contributed by atoms with van der Waals surface area (Å²) in [5.41, 5.74) is 3.20. The van der Waals surface area contributed by atoms with Gasteiger partial charge >= 0.3 is 0 Å². The number of carbonyl (C=O) groups excluding carboxylic acids is 1. The van der Waals surface area contributed by atoms with Gasteiger partial charge in [0.1, 0.15) is 0 Å². The van der Waals surface area contributed by atoms with E-state index in [-0.39, 0.29) is 5.91 Å². The summed E-state index contributed by atoms with van der Waals surface area (Å²) in [6.07, 6.45) is 9.44. The second kappa shape index (κ2) is 6.18. The van der Waals surface area contributed by atoms with Crippen molar-refractivity contribution in [2.24, 2.45) is 0 Å². The van der Waals surface area contributed by atoms with Crippen LogP contribution in [0.25, 0.3) is 0 Å². The number of aromatic nitrogens is 1. The van der Waals surface area contributed by atoms with Gasteiger partial charge in [-0.25, -0.2) is 0 Å². The Morgan fingerprint density at radius 1 is 1.30 bits per heavy atom. The van der Waals surface area contributed by atoms with Crippen LogP contribution in [0.2, 0.25) is 0 Å². The summed E-state index contributed by atoms with van der Waals surface area (Å²) in [5.74, 6) is 0.0493. The Kier molecular flexibility index (Phi) is 4.11. The fourth-order valence-electron chi connectivity index (χ4n) is 2.64. The Balaban J connectivity index is 1.70. The van der Waals surface area contributed by atoms with Gasteiger partial charge in [0.15, 0.2) is 0 Å². The normalized spacial score (nSPS) is 14.4. The van der Waals surface area contributed by atoms with E-state index in [0.29, 0.717) is 6.54 Å². The van der Waals surface area contributed by atoms with E-state index in [1.165, 1.54) is 29.7 Å². The lowest BCUT2D eigenvalue weighted by Gasteiger charge is -2.06. The van der Waals surface area contributed by atoms with Gasteiger partial charge in [0.25, 0.3) is 5.91 Å². The van der Waals surface area contributed by atoms with Crippen LogP contribution >= 0.6 is 11.3 Å². The zero-order valence-corrected chi connectivity index (χ0v) is 12.2. The molecule has 0 saturated heterocycles. The van der Waals surface area contributed by atoms with Crippen LogP contribution < -0.4 is 5.32 Å². The molecule has 1 amide bonds. The fraction of sp³-hybridized carbons (Fsp3) is 0.375. The minimum Gasteiger partial charge on any atom is -0.348 e. The SMILES string of the molecule is O=C(NCc1cccnc1)c1csc2c1CCCCC2. The first-order valence-corrected chi connectivity index (χ1v) is 7.99. The van der Waals surface area contributed by atoms with Crippen LogP contribution in [0.1, 0.15) is 45.6 Å². The van der Waals surface area contributed by atoms with Gasteiger partial charge in [-0.05, 0) is 42.9 Å². The third kappa shape index (κ3) is 2.90. The molecule has 0 fully saturated rings. The van der Waals surface area contributed by atoms with Crippen molar-refractivity contribution in [3.63, 3.8) is 0 Å². The lowest BCUT2D eigenvalue weighted by Crippen LogP contribution is -2.23. The largest absolute Gasteiger partial charge is 0.348 e. The molecule has 3 nitrogen and oxygen atoms in total. The number of hydrogen-bond acceptors (Lipinski definition) is 3. The number of fused-ring (bicyclic) bond motifs is 1. The molecule has 4 heteroatoms. The van der Waals surface area contributed by atoms with Gasteiger partial charge in [-0.1, -0.05) is 12.5 Å². The average molecular weight is 286 g/mol.